The first-order valence-electron chi connectivity index (χ1n) is 7.04. The molecule has 4 heteroatoms. The summed E-state index contributed by atoms with van der Waals surface area (Å²) < 4.78 is 11.0. The lowest BCUT2D eigenvalue weighted by Crippen LogP contribution is -2.46. The second-order valence-electron chi connectivity index (χ2n) is 5.06. The summed E-state index contributed by atoms with van der Waals surface area (Å²) in [4.78, 5) is 0. The summed E-state index contributed by atoms with van der Waals surface area (Å²) in [6.45, 7) is 0.866. The Bertz CT molecular complexity index is 361. The van der Waals surface area contributed by atoms with E-state index in [2.05, 4.69) is 17.6 Å². The highest BCUT2D eigenvalue weighted by atomic mass is 16.5. The normalized spacial score (nSPS) is 21.1. The average molecular weight is 264 g/mol. The van der Waals surface area contributed by atoms with Gasteiger partial charge in [-0.3, -0.25) is 11.3 Å². The van der Waals surface area contributed by atoms with Crippen molar-refractivity contribution >= 4 is 0 Å². The monoisotopic (exact) mass is 264 g/mol. The molecule has 0 bridgehead atoms. The molecule has 2 rings (SSSR count). The molecule has 19 heavy (non-hydrogen) atoms. The van der Waals surface area contributed by atoms with Gasteiger partial charge in [0.15, 0.2) is 0 Å². The molecule has 0 saturated carbocycles. The van der Waals surface area contributed by atoms with Crippen LogP contribution in [0.25, 0.3) is 0 Å². The average Bonchev–Trinajstić information content (AvgIpc) is 2.49. The van der Waals surface area contributed by atoms with E-state index >= 15 is 0 Å². The molecule has 1 saturated heterocycles. The van der Waals surface area contributed by atoms with Crippen molar-refractivity contribution in [3.8, 4) is 5.75 Å². The van der Waals surface area contributed by atoms with Crippen LogP contribution < -0.4 is 16.0 Å². The van der Waals surface area contributed by atoms with Crippen LogP contribution in [0.4, 0.5) is 0 Å². The summed E-state index contributed by atoms with van der Waals surface area (Å²) in [6.07, 6.45) is 5.78. The summed E-state index contributed by atoms with van der Waals surface area (Å²) in [7, 11) is 1.68. The Morgan fingerprint density at radius 1 is 1.37 bits per heavy atom. The lowest BCUT2D eigenvalue weighted by molar-refractivity contribution is -0.00920. The van der Waals surface area contributed by atoms with Gasteiger partial charge in [-0.05, 0) is 49.8 Å². The molecule has 4 nitrogen and oxygen atoms in total. The highest BCUT2D eigenvalue weighted by Gasteiger charge is 2.23. The van der Waals surface area contributed by atoms with Gasteiger partial charge in [0.05, 0.1) is 13.2 Å². The van der Waals surface area contributed by atoms with Crippen molar-refractivity contribution in [3.63, 3.8) is 0 Å². The Balaban J connectivity index is 1.84. The van der Waals surface area contributed by atoms with Crippen LogP contribution in [0.5, 0.6) is 5.75 Å². The van der Waals surface area contributed by atoms with Gasteiger partial charge in [-0.1, -0.05) is 12.1 Å². The minimum absolute atomic E-state index is 0.238. The van der Waals surface area contributed by atoms with Gasteiger partial charge >= 0.3 is 0 Å². The fourth-order valence-electron chi connectivity index (χ4n) is 2.57. The number of rotatable bonds is 6. The minimum Gasteiger partial charge on any atom is -0.497 e. The maximum Gasteiger partial charge on any atom is 0.118 e. The highest BCUT2D eigenvalue weighted by Crippen LogP contribution is 2.19. The Kier molecular flexibility index (Phi) is 5.63. The van der Waals surface area contributed by atoms with Crippen LogP contribution in [-0.4, -0.2) is 25.9 Å². The van der Waals surface area contributed by atoms with Gasteiger partial charge in [0.1, 0.15) is 5.75 Å². The molecule has 0 spiro atoms. The van der Waals surface area contributed by atoms with Crippen molar-refractivity contribution in [2.24, 2.45) is 5.84 Å². The van der Waals surface area contributed by atoms with Crippen LogP contribution in [0.1, 0.15) is 31.2 Å². The van der Waals surface area contributed by atoms with Crippen LogP contribution in [0, 0.1) is 0 Å². The molecular weight excluding hydrogens is 240 g/mol. The zero-order chi connectivity index (χ0) is 13.5. The summed E-state index contributed by atoms with van der Waals surface area (Å²) in [5.74, 6) is 6.56. The molecule has 1 aliphatic rings. The molecule has 0 aliphatic carbocycles. The van der Waals surface area contributed by atoms with Crippen molar-refractivity contribution in [1.82, 2.24) is 5.43 Å². The van der Waals surface area contributed by atoms with Crippen LogP contribution in [0.2, 0.25) is 0 Å². The van der Waals surface area contributed by atoms with E-state index in [9.17, 15) is 0 Å². The van der Waals surface area contributed by atoms with Crippen LogP contribution in [0.3, 0.4) is 0 Å². The molecule has 1 aromatic rings. The molecule has 106 valence electrons. The van der Waals surface area contributed by atoms with Crippen LogP contribution >= 0.6 is 0 Å². The molecule has 2 atom stereocenters. The smallest absolute Gasteiger partial charge is 0.118 e. The lowest BCUT2D eigenvalue weighted by atomic mass is 9.97. The number of methoxy groups -OCH3 is 1. The SMILES string of the molecule is COc1ccc(CCC(NN)C2CCCCO2)cc1. The largest absolute Gasteiger partial charge is 0.497 e. The predicted octanol–water partition coefficient (Wildman–Crippen LogP) is 2.03. The van der Waals surface area contributed by atoms with E-state index in [0.29, 0.717) is 0 Å². The van der Waals surface area contributed by atoms with Crippen LogP contribution in [0.15, 0.2) is 24.3 Å². The molecule has 3 N–H and O–H groups in total. The van der Waals surface area contributed by atoms with Crippen molar-refractivity contribution < 1.29 is 9.47 Å². The highest BCUT2D eigenvalue weighted by molar-refractivity contribution is 5.27. The third-order valence-corrected chi connectivity index (χ3v) is 3.78. The van der Waals surface area contributed by atoms with Crippen molar-refractivity contribution in [2.45, 2.75) is 44.2 Å². The number of nitrogens with one attached hydrogen (secondary N) is 1. The van der Waals surface area contributed by atoms with E-state index in [1.165, 1.54) is 18.4 Å². The topological polar surface area (TPSA) is 56.5 Å². The number of hydrogen-bond donors (Lipinski definition) is 2. The minimum atomic E-state index is 0.238. The van der Waals surface area contributed by atoms with Crippen molar-refractivity contribution in [3.05, 3.63) is 29.8 Å². The predicted molar refractivity (Wildman–Crippen MR) is 76.0 cm³/mol. The number of aryl methyl sites for hydroxylation is 1. The zero-order valence-electron chi connectivity index (χ0n) is 11.6. The maximum atomic E-state index is 5.79. The molecule has 2 unspecified atom stereocenters. The first-order chi connectivity index (χ1) is 9.33. The second-order valence-corrected chi connectivity index (χ2v) is 5.06. The van der Waals surface area contributed by atoms with E-state index in [-0.39, 0.29) is 12.1 Å². The fourth-order valence-corrected chi connectivity index (χ4v) is 2.57. The molecular formula is C15H24N2O2. The third-order valence-electron chi connectivity index (χ3n) is 3.78. The molecule has 0 aromatic heterocycles. The Hall–Kier alpha value is -1.10. The first-order valence-corrected chi connectivity index (χ1v) is 7.04. The van der Waals surface area contributed by atoms with Crippen molar-refractivity contribution in [2.75, 3.05) is 13.7 Å². The van der Waals surface area contributed by atoms with Gasteiger partial charge in [0.25, 0.3) is 0 Å². The molecule has 1 aromatic carbocycles. The molecule has 1 aliphatic heterocycles. The number of nitrogens with two attached hydrogens (primary N) is 1. The second kappa shape index (κ2) is 7.48. The van der Waals surface area contributed by atoms with E-state index < -0.39 is 0 Å². The standard InChI is InChI=1S/C15H24N2O2/c1-18-13-8-5-12(6-9-13)7-10-14(17-16)15-4-2-3-11-19-15/h5-6,8-9,14-15,17H,2-4,7,10-11,16H2,1H3. The lowest BCUT2D eigenvalue weighted by Gasteiger charge is -2.30. The van der Waals surface area contributed by atoms with Gasteiger partial charge in [0, 0.05) is 12.6 Å². The summed E-state index contributed by atoms with van der Waals surface area (Å²) in [5, 5.41) is 0. The van der Waals surface area contributed by atoms with Gasteiger partial charge in [0.2, 0.25) is 0 Å². The number of ether oxygens (including phenoxy) is 2. The van der Waals surface area contributed by atoms with Gasteiger partial charge in [-0.2, -0.15) is 0 Å². The molecule has 0 amide bonds. The Labute approximate surface area is 115 Å². The van der Waals surface area contributed by atoms with E-state index in [1.54, 1.807) is 7.11 Å². The number of hydrogen-bond acceptors (Lipinski definition) is 4. The van der Waals surface area contributed by atoms with Gasteiger partial charge < -0.3 is 9.47 Å². The first kappa shape index (κ1) is 14.3. The van der Waals surface area contributed by atoms with E-state index in [0.717, 1.165) is 31.6 Å². The zero-order valence-corrected chi connectivity index (χ0v) is 11.6. The number of hydrazine groups is 1. The molecule has 1 fully saturated rings. The fraction of sp³-hybridized carbons (Fsp3) is 0.600. The summed E-state index contributed by atoms with van der Waals surface area (Å²) >= 11 is 0. The van der Waals surface area contributed by atoms with E-state index in [4.69, 9.17) is 15.3 Å². The quantitative estimate of drug-likeness (QED) is 0.610. The number of benzene rings is 1. The maximum absolute atomic E-state index is 5.79. The Morgan fingerprint density at radius 2 is 2.16 bits per heavy atom. The van der Waals surface area contributed by atoms with Gasteiger partial charge in [-0.15, -0.1) is 0 Å². The van der Waals surface area contributed by atoms with E-state index in [1.807, 2.05) is 12.1 Å². The molecule has 1 heterocycles. The summed E-state index contributed by atoms with van der Waals surface area (Å²) in [6, 6.07) is 8.44. The van der Waals surface area contributed by atoms with Gasteiger partial charge in [-0.25, -0.2) is 0 Å². The Morgan fingerprint density at radius 3 is 2.74 bits per heavy atom. The summed E-state index contributed by atoms with van der Waals surface area (Å²) in [5.41, 5.74) is 4.22. The molecule has 0 radical (unpaired) electrons. The third kappa shape index (κ3) is 4.20. The van der Waals surface area contributed by atoms with Crippen molar-refractivity contribution in [1.29, 1.82) is 0 Å². The van der Waals surface area contributed by atoms with Crippen LogP contribution in [-0.2, 0) is 11.2 Å².